The van der Waals surface area contributed by atoms with Crippen LogP contribution in [0.4, 0.5) is 0 Å². The second-order valence-electron chi connectivity index (χ2n) is 2.46. The van der Waals surface area contributed by atoms with Gasteiger partial charge in [0.05, 0.1) is 6.10 Å². The van der Waals surface area contributed by atoms with Crippen LogP contribution in [0.5, 0.6) is 0 Å². The first-order valence-corrected chi connectivity index (χ1v) is 3.58. The van der Waals surface area contributed by atoms with Crippen molar-refractivity contribution in [3.8, 4) is 0 Å². The maximum atomic E-state index is 10.7. The molecule has 0 aromatic carbocycles. The number of aliphatic hydroxyl groups is 1. The van der Waals surface area contributed by atoms with Crippen molar-refractivity contribution in [3.63, 3.8) is 0 Å². The van der Waals surface area contributed by atoms with Crippen molar-refractivity contribution in [2.75, 3.05) is 0 Å². The highest BCUT2D eigenvalue weighted by atomic mass is 16.3. The van der Waals surface area contributed by atoms with Gasteiger partial charge in [-0.05, 0) is 19.8 Å². The van der Waals surface area contributed by atoms with E-state index >= 15 is 0 Å². The lowest BCUT2D eigenvalue weighted by molar-refractivity contribution is -0.114. The Labute approximate surface area is 67.2 Å². The number of allylic oxidation sites excluding steroid dienone is 1. The van der Waals surface area contributed by atoms with Gasteiger partial charge in [0.2, 0.25) is 0 Å². The third-order valence-electron chi connectivity index (χ3n) is 1.50. The summed E-state index contributed by atoms with van der Waals surface area (Å²) in [7, 11) is 0. The van der Waals surface area contributed by atoms with Crippen molar-refractivity contribution in [1.29, 1.82) is 0 Å². The Morgan fingerprint density at radius 1 is 1.73 bits per heavy atom. The molecular weight excluding hydrogens is 140 g/mol. The lowest BCUT2D eigenvalue weighted by Gasteiger charge is -2.08. The maximum absolute atomic E-state index is 10.7. The van der Waals surface area contributed by atoms with Gasteiger partial charge in [0.1, 0.15) is 0 Å². The number of hydrogen-bond acceptors (Lipinski definition) is 2. The van der Waals surface area contributed by atoms with Crippen molar-refractivity contribution in [2.45, 2.75) is 25.9 Å². The molecule has 2 nitrogen and oxygen atoms in total. The van der Waals surface area contributed by atoms with Crippen molar-refractivity contribution >= 4 is 5.78 Å². The van der Waals surface area contributed by atoms with E-state index in [1.54, 1.807) is 6.08 Å². The van der Waals surface area contributed by atoms with E-state index < -0.39 is 6.10 Å². The Morgan fingerprint density at radius 3 is 2.64 bits per heavy atom. The van der Waals surface area contributed by atoms with Crippen molar-refractivity contribution in [2.24, 2.45) is 0 Å². The summed E-state index contributed by atoms with van der Waals surface area (Å²) in [6, 6.07) is 0. The summed E-state index contributed by atoms with van der Waals surface area (Å²) >= 11 is 0. The van der Waals surface area contributed by atoms with E-state index in [9.17, 15) is 9.90 Å². The van der Waals surface area contributed by atoms with Gasteiger partial charge in [-0.25, -0.2) is 0 Å². The molecule has 0 rings (SSSR count). The number of aliphatic hydroxyl groups excluding tert-OH is 1. The van der Waals surface area contributed by atoms with Crippen molar-refractivity contribution in [1.82, 2.24) is 0 Å². The minimum atomic E-state index is -0.703. The smallest absolute Gasteiger partial charge is 0.157 e. The SMILES string of the molecule is C=CCCC(O)C(=C)C(C)=O. The number of carbonyl (C=O) groups excluding carboxylic acids is 1. The van der Waals surface area contributed by atoms with E-state index in [0.717, 1.165) is 0 Å². The van der Waals surface area contributed by atoms with Gasteiger partial charge in [-0.2, -0.15) is 0 Å². The molecule has 0 saturated carbocycles. The molecule has 0 spiro atoms. The highest BCUT2D eigenvalue weighted by Gasteiger charge is 2.10. The maximum Gasteiger partial charge on any atom is 0.157 e. The average molecular weight is 154 g/mol. The number of rotatable bonds is 5. The van der Waals surface area contributed by atoms with Crippen LogP contribution in [0.25, 0.3) is 0 Å². The highest BCUT2D eigenvalue weighted by Crippen LogP contribution is 2.07. The van der Waals surface area contributed by atoms with Gasteiger partial charge < -0.3 is 5.11 Å². The Hall–Kier alpha value is -0.890. The van der Waals surface area contributed by atoms with Crippen LogP contribution in [-0.2, 0) is 4.79 Å². The van der Waals surface area contributed by atoms with Crippen LogP contribution in [-0.4, -0.2) is 17.0 Å². The van der Waals surface area contributed by atoms with Crippen LogP contribution in [0.1, 0.15) is 19.8 Å². The molecule has 0 aliphatic carbocycles. The summed E-state index contributed by atoms with van der Waals surface area (Å²) in [4.78, 5) is 10.7. The van der Waals surface area contributed by atoms with Crippen LogP contribution in [0, 0.1) is 0 Å². The summed E-state index contributed by atoms with van der Waals surface area (Å²) in [5.74, 6) is -0.151. The molecule has 62 valence electrons. The Kier molecular flexibility index (Phi) is 4.46. The van der Waals surface area contributed by atoms with Gasteiger partial charge in [-0.1, -0.05) is 12.7 Å². The van der Waals surface area contributed by atoms with Crippen molar-refractivity contribution < 1.29 is 9.90 Å². The van der Waals surface area contributed by atoms with Crippen LogP contribution >= 0.6 is 0 Å². The van der Waals surface area contributed by atoms with Crippen LogP contribution in [0.3, 0.4) is 0 Å². The normalized spacial score (nSPS) is 12.2. The predicted molar refractivity (Wildman–Crippen MR) is 45.3 cm³/mol. The third kappa shape index (κ3) is 3.73. The molecule has 0 saturated heterocycles. The van der Waals surface area contributed by atoms with E-state index in [1.165, 1.54) is 6.92 Å². The molecule has 2 heteroatoms. The lowest BCUT2D eigenvalue weighted by atomic mass is 10.0. The summed E-state index contributed by atoms with van der Waals surface area (Å²) < 4.78 is 0. The van der Waals surface area contributed by atoms with Gasteiger partial charge in [0.15, 0.2) is 5.78 Å². The van der Waals surface area contributed by atoms with Crippen LogP contribution < -0.4 is 0 Å². The number of hydrogen-bond donors (Lipinski definition) is 1. The first-order valence-electron chi connectivity index (χ1n) is 3.58. The first-order chi connectivity index (χ1) is 5.09. The van der Waals surface area contributed by atoms with Gasteiger partial charge in [-0.15, -0.1) is 6.58 Å². The van der Waals surface area contributed by atoms with Crippen LogP contribution in [0.2, 0.25) is 0 Å². The Bertz CT molecular complexity index is 170. The van der Waals surface area contributed by atoms with E-state index in [0.29, 0.717) is 12.8 Å². The predicted octanol–water partition coefficient (Wildman–Crippen LogP) is 1.46. The zero-order valence-corrected chi connectivity index (χ0v) is 6.84. The zero-order chi connectivity index (χ0) is 8.85. The molecule has 1 unspecified atom stereocenters. The lowest BCUT2D eigenvalue weighted by Crippen LogP contribution is -2.14. The summed E-state index contributed by atoms with van der Waals surface area (Å²) in [5.41, 5.74) is 0.284. The molecule has 0 amide bonds. The van der Waals surface area contributed by atoms with Crippen LogP contribution in [0.15, 0.2) is 24.8 Å². The zero-order valence-electron chi connectivity index (χ0n) is 6.84. The third-order valence-corrected chi connectivity index (χ3v) is 1.50. The summed E-state index contributed by atoms with van der Waals surface area (Å²) in [6.07, 6.45) is 2.23. The molecule has 0 radical (unpaired) electrons. The second kappa shape index (κ2) is 4.85. The standard InChI is InChI=1S/C9H14O2/c1-4-5-6-9(11)7(2)8(3)10/h4,9,11H,1-2,5-6H2,3H3. The largest absolute Gasteiger partial charge is 0.388 e. The molecule has 0 aliphatic rings. The molecule has 11 heavy (non-hydrogen) atoms. The van der Waals surface area contributed by atoms with E-state index in [2.05, 4.69) is 13.2 Å². The molecule has 1 N–H and O–H groups in total. The Balaban J connectivity index is 3.82. The molecule has 0 fully saturated rings. The van der Waals surface area contributed by atoms with E-state index in [-0.39, 0.29) is 11.4 Å². The monoisotopic (exact) mass is 154 g/mol. The van der Waals surface area contributed by atoms with Crippen molar-refractivity contribution in [3.05, 3.63) is 24.8 Å². The topological polar surface area (TPSA) is 37.3 Å². The second-order valence-corrected chi connectivity index (χ2v) is 2.46. The fraction of sp³-hybridized carbons (Fsp3) is 0.444. The minimum absolute atomic E-state index is 0.151. The first kappa shape index (κ1) is 10.1. The number of carbonyl (C=O) groups is 1. The molecule has 0 aliphatic heterocycles. The molecule has 0 aromatic rings. The summed E-state index contributed by atoms with van der Waals surface area (Å²) in [5, 5.41) is 9.25. The summed E-state index contributed by atoms with van der Waals surface area (Å²) in [6.45, 7) is 8.39. The van der Waals surface area contributed by atoms with Gasteiger partial charge in [-0.3, -0.25) is 4.79 Å². The van der Waals surface area contributed by atoms with Gasteiger partial charge in [0, 0.05) is 5.57 Å². The van der Waals surface area contributed by atoms with E-state index in [1.807, 2.05) is 0 Å². The molecule has 0 bridgehead atoms. The highest BCUT2D eigenvalue weighted by molar-refractivity contribution is 5.93. The quantitative estimate of drug-likeness (QED) is 0.481. The van der Waals surface area contributed by atoms with Gasteiger partial charge in [0.25, 0.3) is 0 Å². The molecule has 0 heterocycles. The Morgan fingerprint density at radius 2 is 2.27 bits per heavy atom. The van der Waals surface area contributed by atoms with Gasteiger partial charge >= 0.3 is 0 Å². The minimum Gasteiger partial charge on any atom is -0.388 e. The number of Topliss-reactive ketones (excluding diaryl/α,β-unsaturated/α-hetero) is 1. The van der Waals surface area contributed by atoms with E-state index in [4.69, 9.17) is 0 Å². The fourth-order valence-corrected chi connectivity index (χ4v) is 0.685. The molecular formula is C9H14O2. The molecule has 1 atom stereocenters. The fourth-order valence-electron chi connectivity index (χ4n) is 0.685. The number of ketones is 1. The molecule has 0 aromatic heterocycles. The average Bonchev–Trinajstić information content (AvgIpc) is 1.98.